The number of nitrogens with one attached hydrogen (secondary N) is 2. The lowest BCUT2D eigenvalue weighted by atomic mass is 9.95. The maximum absolute atomic E-state index is 13.6. The van der Waals surface area contributed by atoms with Crippen molar-refractivity contribution >= 4 is 11.8 Å². The van der Waals surface area contributed by atoms with E-state index in [2.05, 4.69) is 10.6 Å². The van der Waals surface area contributed by atoms with E-state index in [4.69, 9.17) is 4.74 Å². The molecule has 2 aromatic rings. The van der Waals surface area contributed by atoms with Crippen LogP contribution in [0.4, 0.5) is 8.78 Å². The molecule has 2 aromatic carbocycles. The minimum atomic E-state index is -0.975. The molecule has 1 atom stereocenters. The van der Waals surface area contributed by atoms with Crippen molar-refractivity contribution in [2.24, 2.45) is 0 Å². The van der Waals surface area contributed by atoms with Crippen LogP contribution in [0.15, 0.2) is 30.3 Å². The van der Waals surface area contributed by atoms with Gasteiger partial charge in [-0.15, -0.1) is 0 Å². The highest BCUT2D eigenvalue weighted by molar-refractivity contribution is 5.96. The van der Waals surface area contributed by atoms with Crippen LogP contribution >= 0.6 is 0 Å². The Morgan fingerprint density at radius 3 is 2.70 bits per heavy atom. The zero-order chi connectivity index (χ0) is 19.6. The van der Waals surface area contributed by atoms with Crippen molar-refractivity contribution in [1.29, 1.82) is 0 Å². The van der Waals surface area contributed by atoms with E-state index in [9.17, 15) is 18.4 Å². The molecule has 3 rings (SSSR count). The minimum absolute atomic E-state index is 0.223. The van der Waals surface area contributed by atoms with Crippen LogP contribution in [-0.2, 0) is 4.79 Å². The first kappa shape index (κ1) is 18.8. The number of carbonyl (C=O) groups is 2. The van der Waals surface area contributed by atoms with Crippen molar-refractivity contribution < 1.29 is 23.1 Å². The summed E-state index contributed by atoms with van der Waals surface area (Å²) in [5.74, 6) is -2.15. The van der Waals surface area contributed by atoms with Crippen molar-refractivity contribution in [3.63, 3.8) is 0 Å². The largest absolute Gasteiger partial charge is 0.493 e. The fourth-order valence-corrected chi connectivity index (χ4v) is 3.20. The molecule has 0 bridgehead atoms. The highest BCUT2D eigenvalue weighted by Crippen LogP contribution is 2.35. The summed E-state index contributed by atoms with van der Waals surface area (Å²) in [6.07, 6.45) is 0.613. The predicted octanol–water partition coefficient (Wildman–Crippen LogP) is 2.95. The van der Waals surface area contributed by atoms with Crippen LogP contribution in [0.3, 0.4) is 0 Å². The van der Waals surface area contributed by atoms with Gasteiger partial charge in [-0.25, -0.2) is 8.78 Å². The Hall–Kier alpha value is -2.96. The highest BCUT2D eigenvalue weighted by Gasteiger charge is 2.25. The third-order valence-electron chi connectivity index (χ3n) is 4.40. The zero-order valence-electron chi connectivity index (χ0n) is 15.1. The maximum Gasteiger partial charge on any atom is 0.254 e. The second kappa shape index (κ2) is 7.73. The summed E-state index contributed by atoms with van der Waals surface area (Å²) >= 11 is 0. The average molecular weight is 374 g/mol. The lowest BCUT2D eigenvalue weighted by Crippen LogP contribution is -2.40. The van der Waals surface area contributed by atoms with Gasteiger partial charge in [0, 0.05) is 18.1 Å². The van der Waals surface area contributed by atoms with Crippen LogP contribution in [-0.4, -0.2) is 25.0 Å². The van der Waals surface area contributed by atoms with Crippen LogP contribution < -0.4 is 15.4 Å². The van der Waals surface area contributed by atoms with Crippen molar-refractivity contribution in [2.75, 3.05) is 13.2 Å². The number of amides is 2. The van der Waals surface area contributed by atoms with Crippen LogP contribution in [0.2, 0.25) is 0 Å². The standard InChI is InChI=1S/C20H20F2N2O3/c1-11-7-12(2)19-15(8-11)17(5-6-27-19)24-18(25)10-23-20(26)14-4-3-13(21)9-16(14)22/h3-4,7-9,17H,5-6,10H2,1-2H3,(H,23,26)(H,24,25). The summed E-state index contributed by atoms with van der Waals surface area (Å²) in [6.45, 7) is 4.09. The smallest absolute Gasteiger partial charge is 0.254 e. The SMILES string of the molecule is Cc1cc(C)c2c(c1)C(NC(=O)CNC(=O)c1ccc(F)cc1F)CCO2. The minimum Gasteiger partial charge on any atom is -0.493 e. The van der Waals surface area contributed by atoms with E-state index in [0.717, 1.165) is 34.6 Å². The Morgan fingerprint density at radius 1 is 1.19 bits per heavy atom. The summed E-state index contributed by atoms with van der Waals surface area (Å²) in [6, 6.07) is 6.41. The number of hydrogen-bond acceptors (Lipinski definition) is 3. The second-order valence-electron chi connectivity index (χ2n) is 6.56. The number of fused-ring (bicyclic) bond motifs is 1. The monoisotopic (exact) mass is 374 g/mol. The first-order chi connectivity index (χ1) is 12.8. The van der Waals surface area contributed by atoms with E-state index in [-0.39, 0.29) is 18.2 Å². The van der Waals surface area contributed by atoms with Crippen LogP contribution in [0.5, 0.6) is 5.75 Å². The molecule has 0 spiro atoms. The normalized spacial score (nSPS) is 15.5. The Balaban J connectivity index is 1.63. The molecule has 0 fully saturated rings. The zero-order valence-corrected chi connectivity index (χ0v) is 15.1. The first-order valence-electron chi connectivity index (χ1n) is 8.61. The molecule has 0 saturated carbocycles. The van der Waals surface area contributed by atoms with Gasteiger partial charge in [-0.1, -0.05) is 17.7 Å². The molecule has 1 aliphatic rings. The molecule has 5 nitrogen and oxygen atoms in total. The van der Waals surface area contributed by atoms with Crippen LogP contribution in [0.25, 0.3) is 0 Å². The molecule has 0 aliphatic carbocycles. The van der Waals surface area contributed by atoms with E-state index >= 15 is 0 Å². The fourth-order valence-electron chi connectivity index (χ4n) is 3.20. The van der Waals surface area contributed by atoms with Gasteiger partial charge in [0.05, 0.1) is 24.8 Å². The van der Waals surface area contributed by atoms with E-state index in [1.807, 2.05) is 26.0 Å². The van der Waals surface area contributed by atoms with Crippen LogP contribution in [0, 0.1) is 25.5 Å². The van der Waals surface area contributed by atoms with E-state index in [1.165, 1.54) is 0 Å². The number of halogens is 2. The Morgan fingerprint density at radius 2 is 1.96 bits per heavy atom. The van der Waals surface area contributed by atoms with E-state index in [0.29, 0.717) is 19.1 Å². The number of rotatable bonds is 4. The third-order valence-corrected chi connectivity index (χ3v) is 4.40. The van der Waals surface area contributed by atoms with Gasteiger partial charge in [-0.2, -0.15) is 0 Å². The van der Waals surface area contributed by atoms with Crippen molar-refractivity contribution in [3.05, 3.63) is 64.2 Å². The number of carbonyl (C=O) groups excluding carboxylic acids is 2. The number of ether oxygens (including phenoxy) is 1. The molecule has 0 radical (unpaired) electrons. The lowest BCUT2D eigenvalue weighted by Gasteiger charge is -2.28. The Labute approximate surface area is 155 Å². The molecule has 7 heteroatoms. The molecular formula is C20H20F2N2O3. The summed E-state index contributed by atoms with van der Waals surface area (Å²) in [5, 5.41) is 5.22. The molecule has 1 unspecified atom stereocenters. The molecule has 1 heterocycles. The second-order valence-corrected chi connectivity index (χ2v) is 6.56. The predicted molar refractivity (Wildman–Crippen MR) is 95.6 cm³/mol. The third kappa shape index (κ3) is 4.24. The van der Waals surface area contributed by atoms with Crippen molar-refractivity contribution in [3.8, 4) is 5.75 Å². The number of aryl methyl sites for hydroxylation is 2. The molecule has 2 amide bonds. The Bertz CT molecular complexity index is 899. The van der Waals surface area contributed by atoms with Gasteiger partial charge in [-0.05, 0) is 31.5 Å². The van der Waals surface area contributed by atoms with Crippen molar-refractivity contribution in [2.45, 2.75) is 26.3 Å². The average Bonchev–Trinajstić information content (AvgIpc) is 2.60. The van der Waals surface area contributed by atoms with Gasteiger partial charge in [0.25, 0.3) is 5.91 Å². The van der Waals surface area contributed by atoms with Gasteiger partial charge < -0.3 is 15.4 Å². The topological polar surface area (TPSA) is 67.4 Å². The molecule has 0 saturated heterocycles. The van der Waals surface area contributed by atoms with E-state index < -0.39 is 23.4 Å². The highest BCUT2D eigenvalue weighted by atomic mass is 19.1. The van der Waals surface area contributed by atoms with Crippen LogP contribution in [0.1, 0.15) is 39.5 Å². The molecule has 2 N–H and O–H groups in total. The molecule has 1 aliphatic heterocycles. The van der Waals surface area contributed by atoms with Gasteiger partial charge >= 0.3 is 0 Å². The Kier molecular flexibility index (Phi) is 5.39. The summed E-state index contributed by atoms with van der Waals surface area (Å²) < 4.78 is 32.2. The van der Waals surface area contributed by atoms with Gasteiger partial charge in [-0.3, -0.25) is 9.59 Å². The molecule has 0 aromatic heterocycles. The first-order valence-corrected chi connectivity index (χ1v) is 8.61. The summed E-state index contributed by atoms with van der Waals surface area (Å²) in [7, 11) is 0. The van der Waals surface area contributed by atoms with Gasteiger partial charge in [0.15, 0.2) is 0 Å². The molecule has 142 valence electrons. The van der Waals surface area contributed by atoms with Crippen molar-refractivity contribution in [1.82, 2.24) is 10.6 Å². The molecular weight excluding hydrogens is 354 g/mol. The number of hydrogen-bond donors (Lipinski definition) is 2. The van der Waals surface area contributed by atoms with E-state index in [1.54, 1.807) is 0 Å². The van der Waals surface area contributed by atoms with Gasteiger partial charge in [0.2, 0.25) is 5.91 Å². The maximum atomic E-state index is 13.6. The number of benzene rings is 2. The van der Waals surface area contributed by atoms with Gasteiger partial charge in [0.1, 0.15) is 17.4 Å². The summed E-state index contributed by atoms with van der Waals surface area (Å²) in [5.41, 5.74) is 2.66. The fraction of sp³-hybridized carbons (Fsp3) is 0.300. The quantitative estimate of drug-likeness (QED) is 0.865. The lowest BCUT2D eigenvalue weighted by molar-refractivity contribution is -0.121. The molecule has 27 heavy (non-hydrogen) atoms. The summed E-state index contributed by atoms with van der Waals surface area (Å²) in [4.78, 5) is 24.2.